The number of fused-ring (bicyclic) bond motifs is 1. The molecule has 1 aliphatic heterocycles. The van der Waals surface area contributed by atoms with Gasteiger partial charge in [-0.1, -0.05) is 0 Å². The number of nitrogens with zero attached hydrogens (tertiary/aromatic N) is 8. The van der Waals surface area contributed by atoms with E-state index in [1.54, 1.807) is 21.7 Å². The van der Waals surface area contributed by atoms with Gasteiger partial charge in [-0.25, -0.2) is 0 Å². The van der Waals surface area contributed by atoms with E-state index in [4.69, 9.17) is 0 Å². The molecular weight excluding hydrogens is 320 g/mol. The number of aromatic nitrogens is 6. The van der Waals surface area contributed by atoms with Crippen molar-refractivity contribution in [2.45, 2.75) is 25.6 Å². The first-order valence-electron chi connectivity index (χ1n) is 8.50. The van der Waals surface area contributed by atoms with Crippen LogP contribution >= 0.6 is 0 Å². The second-order valence-corrected chi connectivity index (χ2v) is 6.51. The van der Waals surface area contributed by atoms with Crippen molar-refractivity contribution >= 4 is 11.5 Å². The predicted octanol–water partition coefficient (Wildman–Crippen LogP) is -0.108. The fourth-order valence-electron chi connectivity index (χ4n) is 3.39. The summed E-state index contributed by atoms with van der Waals surface area (Å²) in [7, 11) is 0. The van der Waals surface area contributed by atoms with E-state index in [-0.39, 0.29) is 0 Å². The zero-order valence-electron chi connectivity index (χ0n) is 14.2. The third-order valence-corrected chi connectivity index (χ3v) is 4.58. The topological polar surface area (TPSA) is 87.6 Å². The van der Waals surface area contributed by atoms with Crippen LogP contribution in [0, 0.1) is 0 Å². The van der Waals surface area contributed by atoms with Crippen molar-refractivity contribution < 1.29 is 5.11 Å². The highest BCUT2D eigenvalue weighted by molar-refractivity contribution is 5.46. The van der Waals surface area contributed by atoms with Crippen LogP contribution in [0.25, 0.3) is 5.65 Å². The summed E-state index contributed by atoms with van der Waals surface area (Å²) >= 11 is 0. The normalized spacial score (nSPS) is 20.2. The Morgan fingerprint density at radius 2 is 2.20 bits per heavy atom. The molecule has 0 radical (unpaired) electrons. The van der Waals surface area contributed by atoms with Crippen LogP contribution in [0.15, 0.2) is 36.9 Å². The zero-order chi connectivity index (χ0) is 17.2. The van der Waals surface area contributed by atoms with Crippen molar-refractivity contribution in [1.82, 2.24) is 34.5 Å². The Morgan fingerprint density at radius 3 is 3.00 bits per heavy atom. The maximum atomic E-state index is 10.3. The van der Waals surface area contributed by atoms with Crippen molar-refractivity contribution in [2.24, 2.45) is 0 Å². The molecule has 1 aliphatic rings. The van der Waals surface area contributed by atoms with Crippen molar-refractivity contribution in [2.75, 3.05) is 31.1 Å². The maximum absolute atomic E-state index is 10.3. The highest BCUT2D eigenvalue weighted by Crippen LogP contribution is 2.18. The molecule has 1 saturated heterocycles. The summed E-state index contributed by atoms with van der Waals surface area (Å²) < 4.78 is 3.46. The van der Waals surface area contributed by atoms with Gasteiger partial charge in [-0.15, -0.1) is 15.3 Å². The molecule has 0 aliphatic carbocycles. The average Bonchev–Trinajstić information content (AvgIpc) is 3.25. The Morgan fingerprint density at radius 1 is 1.28 bits per heavy atom. The summed E-state index contributed by atoms with van der Waals surface area (Å²) in [5, 5.41) is 26.9. The Hall–Kier alpha value is -2.52. The van der Waals surface area contributed by atoms with Gasteiger partial charge in [0.2, 0.25) is 0 Å². The average molecular weight is 342 g/mol. The molecule has 25 heavy (non-hydrogen) atoms. The molecule has 0 spiro atoms. The van der Waals surface area contributed by atoms with Crippen LogP contribution in [0.2, 0.25) is 0 Å². The summed E-state index contributed by atoms with van der Waals surface area (Å²) in [6, 6.07) is 6.10. The molecule has 1 fully saturated rings. The molecule has 0 aromatic carbocycles. The summed E-state index contributed by atoms with van der Waals surface area (Å²) in [4.78, 5) is 4.59. The lowest BCUT2D eigenvalue weighted by molar-refractivity contribution is 0.0861. The van der Waals surface area contributed by atoms with E-state index < -0.39 is 6.10 Å². The number of piperazine rings is 1. The minimum Gasteiger partial charge on any atom is -0.390 e. The third-order valence-electron chi connectivity index (χ3n) is 4.58. The molecule has 0 amide bonds. The Labute approximate surface area is 145 Å². The fourth-order valence-corrected chi connectivity index (χ4v) is 3.39. The molecule has 0 saturated carbocycles. The van der Waals surface area contributed by atoms with Gasteiger partial charge < -0.3 is 10.0 Å². The number of aliphatic hydroxyl groups is 1. The van der Waals surface area contributed by atoms with Crippen LogP contribution in [0.3, 0.4) is 0 Å². The molecule has 132 valence electrons. The van der Waals surface area contributed by atoms with Gasteiger partial charge in [0.15, 0.2) is 5.65 Å². The van der Waals surface area contributed by atoms with Gasteiger partial charge in [0.25, 0.3) is 0 Å². The number of rotatable bonds is 5. The Kier molecular flexibility index (Phi) is 4.33. The lowest BCUT2D eigenvalue weighted by atomic mass is 10.1. The highest BCUT2D eigenvalue weighted by atomic mass is 16.3. The Balaban J connectivity index is 1.36. The van der Waals surface area contributed by atoms with Crippen molar-refractivity contribution in [3.63, 3.8) is 0 Å². The first kappa shape index (κ1) is 16.0. The van der Waals surface area contributed by atoms with E-state index in [0.717, 1.165) is 31.1 Å². The molecule has 9 nitrogen and oxygen atoms in total. The molecule has 4 rings (SSSR count). The number of aliphatic hydroxyl groups excluding tert-OH is 1. The molecule has 1 N–H and O–H groups in total. The third kappa shape index (κ3) is 3.47. The summed E-state index contributed by atoms with van der Waals surface area (Å²) in [5.74, 6) is 0.927. The maximum Gasteiger partial charge on any atom is 0.177 e. The molecule has 9 heteroatoms. The molecule has 2 atom stereocenters. The molecule has 4 heterocycles. The van der Waals surface area contributed by atoms with Crippen LogP contribution in [0.5, 0.6) is 0 Å². The van der Waals surface area contributed by atoms with Crippen LogP contribution in [-0.2, 0) is 6.54 Å². The van der Waals surface area contributed by atoms with Gasteiger partial charge in [-0.05, 0) is 25.1 Å². The summed E-state index contributed by atoms with van der Waals surface area (Å²) in [5.41, 5.74) is 0.747. The minimum absolute atomic E-state index is 0.312. The lowest BCUT2D eigenvalue weighted by Gasteiger charge is -2.41. The monoisotopic (exact) mass is 342 g/mol. The molecule has 3 aromatic rings. The smallest absolute Gasteiger partial charge is 0.177 e. The molecule has 0 bridgehead atoms. The quantitative estimate of drug-likeness (QED) is 0.692. The van der Waals surface area contributed by atoms with Gasteiger partial charge in [-0.3, -0.25) is 9.58 Å². The standard InChI is InChI=1S/C16H22N8O/c1-13-9-21(10-14(25)11-22-6-2-5-18-22)7-8-23(13)16-4-3-15-19-17-12-24(15)20-16/h2-6,12-14,25H,7-11H2,1H3/t13-,14-/m0/s1. The van der Waals surface area contributed by atoms with Gasteiger partial charge in [-0.2, -0.15) is 9.61 Å². The van der Waals surface area contributed by atoms with E-state index in [0.29, 0.717) is 19.1 Å². The van der Waals surface area contributed by atoms with E-state index in [9.17, 15) is 5.11 Å². The molecular formula is C16H22N8O. The van der Waals surface area contributed by atoms with E-state index in [2.05, 4.69) is 37.1 Å². The molecule has 3 aromatic heterocycles. The van der Waals surface area contributed by atoms with E-state index >= 15 is 0 Å². The SMILES string of the molecule is C[C@H]1CN(C[C@H](O)Cn2cccn2)CCN1c1ccc2nncn2n1. The van der Waals surface area contributed by atoms with Crippen LogP contribution in [0.1, 0.15) is 6.92 Å². The fraction of sp³-hybridized carbons (Fsp3) is 0.500. The number of β-amino-alcohol motifs (C(OH)–C–C–N with tert-alkyl or cyclic N) is 1. The van der Waals surface area contributed by atoms with E-state index in [1.165, 1.54) is 0 Å². The second-order valence-electron chi connectivity index (χ2n) is 6.51. The predicted molar refractivity (Wildman–Crippen MR) is 92.3 cm³/mol. The van der Waals surface area contributed by atoms with Gasteiger partial charge >= 0.3 is 0 Å². The first-order chi connectivity index (χ1) is 12.2. The summed E-state index contributed by atoms with van der Waals surface area (Å²) in [6.45, 7) is 6.00. The molecule has 0 unspecified atom stereocenters. The first-order valence-corrected chi connectivity index (χ1v) is 8.50. The van der Waals surface area contributed by atoms with Crippen molar-refractivity contribution in [1.29, 1.82) is 0 Å². The van der Waals surface area contributed by atoms with E-state index in [1.807, 2.05) is 24.4 Å². The second kappa shape index (κ2) is 6.77. The largest absolute Gasteiger partial charge is 0.390 e. The zero-order valence-corrected chi connectivity index (χ0v) is 14.2. The van der Waals surface area contributed by atoms with Crippen molar-refractivity contribution in [3.05, 3.63) is 36.9 Å². The van der Waals surface area contributed by atoms with Gasteiger partial charge in [0.1, 0.15) is 12.1 Å². The van der Waals surface area contributed by atoms with Gasteiger partial charge in [0, 0.05) is 44.6 Å². The van der Waals surface area contributed by atoms with Crippen LogP contribution < -0.4 is 4.90 Å². The van der Waals surface area contributed by atoms with Crippen LogP contribution in [0.4, 0.5) is 5.82 Å². The number of hydrogen-bond donors (Lipinski definition) is 1. The highest BCUT2D eigenvalue weighted by Gasteiger charge is 2.26. The summed E-state index contributed by atoms with van der Waals surface area (Å²) in [6.07, 6.45) is 4.79. The van der Waals surface area contributed by atoms with Crippen molar-refractivity contribution in [3.8, 4) is 0 Å². The number of hydrogen-bond acceptors (Lipinski definition) is 7. The van der Waals surface area contributed by atoms with Crippen LogP contribution in [-0.4, -0.2) is 77.9 Å². The minimum atomic E-state index is -0.426. The Bertz CT molecular complexity index is 817. The van der Waals surface area contributed by atoms with Gasteiger partial charge in [0.05, 0.1) is 12.6 Å². The number of anilines is 1. The lowest BCUT2D eigenvalue weighted by Crippen LogP contribution is -2.54.